The first kappa shape index (κ1) is 19.2. The summed E-state index contributed by atoms with van der Waals surface area (Å²) in [5, 5.41) is 0. The highest BCUT2D eigenvalue weighted by Crippen LogP contribution is 2.28. The Hall–Kier alpha value is -4.18. The molecule has 0 unspecified atom stereocenters. The van der Waals surface area contributed by atoms with Crippen LogP contribution in [0.15, 0.2) is 144 Å². The minimum absolute atomic E-state index is 0.201. The molecular weight excluding hydrogens is 360 g/mol. The van der Waals surface area contributed by atoms with Gasteiger partial charge < -0.3 is 0 Å². The maximum Gasteiger partial charge on any atom is 0.0291 e. The van der Waals surface area contributed by atoms with Crippen molar-refractivity contribution in [3.05, 3.63) is 155 Å². The summed E-state index contributed by atoms with van der Waals surface area (Å²) in [5.74, 6) is 0.401. The van der Waals surface area contributed by atoms with Crippen LogP contribution in [0.3, 0.4) is 0 Å². The number of rotatable bonds is 4. The van der Waals surface area contributed by atoms with E-state index >= 15 is 0 Å². The SMILES string of the molecule is C(=C=C=C=C(c1ccccc1)C1C=CC=C1)=C=C=C(c1ccccc1)C1C=CC=C1. The Morgan fingerprint density at radius 2 is 0.833 bits per heavy atom. The largest absolute Gasteiger partial charge is 0.0726 e. The maximum absolute atomic E-state index is 3.25. The number of allylic oxidation sites excluding steroid dienone is 10. The van der Waals surface area contributed by atoms with Crippen LogP contribution in [-0.2, 0) is 0 Å². The van der Waals surface area contributed by atoms with Gasteiger partial charge in [0.15, 0.2) is 0 Å². The second kappa shape index (κ2) is 9.85. The van der Waals surface area contributed by atoms with Crippen LogP contribution >= 0.6 is 0 Å². The zero-order chi connectivity index (χ0) is 20.4. The van der Waals surface area contributed by atoms with Crippen LogP contribution in [0.4, 0.5) is 0 Å². The highest BCUT2D eigenvalue weighted by atomic mass is 14.1. The van der Waals surface area contributed by atoms with Gasteiger partial charge in [0.2, 0.25) is 0 Å². The molecule has 140 valence electrons. The molecule has 0 N–H and O–H groups in total. The van der Waals surface area contributed by atoms with Gasteiger partial charge in [-0.25, -0.2) is 0 Å². The molecule has 2 aromatic carbocycles. The lowest BCUT2D eigenvalue weighted by atomic mass is 9.94. The van der Waals surface area contributed by atoms with Crippen LogP contribution in [0.5, 0.6) is 0 Å². The monoisotopic (exact) mass is 380 g/mol. The molecule has 0 heterocycles. The van der Waals surface area contributed by atoms with Gasteiger partial charge in [-0.3, -0.25) is 0 Å². The van der Waals surface area contributed by atoms with Crippen LogP contribution in [0.1, 0.15) is 11.1 Å². The molecule has 0 heteroatoms. The first-order chi connectivity index (χ1) is 14.9. The summed E-state index contributed by atoms with van der Waals surface area (Å²) in [6, 6.07) is 20.5. The van der Waals surface area contributed by atoms with Crippen molar-refractivity contribution in [3.63, 3.8) is 0 Å². The van der Waals surface area contributed by atoms with E-state index in [0.717, 1.165) is 22.3 Å². The Labute approximate surface area is 177 Å². The quantitative estimate of drug-likeness (QED) is 0.500. The van der Waals surface area contributed by atoms with Crippen LogP contribution in [0, 0.1) is 11.8 Å². The third kappa shape index (κ3) is 4.80. The molecule has 0 fully saturated rings. The van der Waals surface area contributed by atoms with Gasteiger partial charge in [-0.15, -0.1) is 0 Å². The van der Waals surface area contributed by atoms with Crippen molar-refractivity contribution in [1.82, 2.24) is 0 Å². The predicted molar refractivity (Wildman–Crippen MR) is 124 cm³/mol. The molecule has 0 bridgehead atoms. The minimum Gasteiger partial charge on any atom is -0.0726 e. The molecule has 0 nitrogen and oxygen atoms in total. The molecule has 0 amide bonds. The molecule has 4 rings (SSSR count). The van der Waals surface area contributed by atoms with Crippen molar-refractivity contribution in [3.8, 4) is 0 Å². The molecule has 2 aromatic rings. The molecule has 2 aliphatic rings. The van der Waals surface area contributed by atoms with Gasteiger partial charge in [0.05, 0.1) is 0 Å². The van der Waals surface area contributed by atoms with Crippen LogP contribution in [0.25, 0.3) is 11.1 Å². The van der Waals surface area contributed by atoms with Crippen LogP contribution in [0.2, 0.25) is 0 Å². The molecule has 0 aliphatic heterocycles. The van der Waals surface area contributed by atoms with E-state index in [-0.39, 0.29) is 11.8 Å². The fraction of sp³-hybridized carbons (Fsp3) is 0.0667. The smallest absolute Gasteiger partial charge is 0.0291 e. The summed E-state index contributed by atoms with van der Waals surface area (Å²) in [4.78, 5) is 0. The van der Waals surface area contributed by atoms with Crippen LogP contribution < -0.4 is 0 Å². The fourth-order valence-electron chi connectivity index (χ4n) is 3.44. The summed E-state index contributed by atoms with van der Waals surface area (Å²) in [6.45, 7) is 0. The van der Waals surface area contributed by atoms with E-state index in [2.05, 4.69) is 107 Å². The zero-order valence-electron chi connectivity index (χ0n) is 16.5. The standard InChI is InChI=1S/C30H20/c1(9-23-29(27-19-11-12-20-27)25-15-5-3-6-16-25)2-10-24-30(28-21-13-14-22-28)26-17-7-4-8-18-26/h3-8,11-22,27-28H. The normalized spacial score (nSPS) is 13.7. The Balaban J connectivity index is 1.80. The highest BCUT2D eigenvalue weighted by Gasteiger charge is 2.12. The Morgan fingerprint density at radius 3 is 1.20 bits per heavy atom. The van der Waals surface area contributed by atoms with E-state index < -0.39 is 0 Å². The first-order valence-corrected chi connectivity index (χ1v) is 9.98. The molecule has 0 atom stereocenters. The summed E-state index contributed by atoms with van der Waals surface area (Å²) in [5.41, 5.74) is 22.6. The second-order valence-electron chi connectivity index (χ2n) is 6.90. The van der Waals surface area contributed by atoms with Crippen molar-refractivity contribution in [2.24, 2.45) is 11.8 Å². The summed E-state index contributed by atoms with van der Waals surface area (Å²) in [7, 11) is 0. The Kier molecular flexibility index (Phi) is 6.28. The predicted octanol–water partition coefficient (Wildman–Crippen LogP) is 7.01. The fourth-order valence-corrected chi connectivity index (χ4v) is 3.44. The van der Waals surface area contributed by atoms with Crippen molar-refractivity contribution in [1.29, 1.82) is 0 Å². The zero-order valence-corrected chi connectivity index (χ0v) is 16.5. The van der Waals surface area contributed by atoms with Gasteiger partial charge >= 0.3 is 0 Å². The molecular formula is C30H20. The molecule has 2 aliphatic carbocycles. The van der Waals surface area contributed by atoms with E-state index in [1.54, 1.807) is 0 Å². The minimum atomic E-state index is 0.201. The number of benzene rings is 2. The van der Waals surface area contributed by atoms with E-state index in [1.807, 2.05) is 36.4 Å². The molecule has 0 radical (unpaired) electrons. The highest BCUT2D eigenvalue weighted by molar-refractivity contribution is 5.71. The molecule has 0 aromatic heterocycles. The second-order valence-corrected chi connectivity index (χ2v) is 6.90. The van der Waals surface area contributed by atoms with Gasteiger partial charge in [0, 0.05) is 23.0 Å². The first-order valence-electron chi connectivity index (χ1n) is 9.98. The van der Waals surface area contributed by atoms with E-state index in [1.165, 1.54) is 0 Å². The van der Waals surface area contributed by atoms with Crippen molar-refractivity contribution in [2.45, 2.75) is 0 Å². The molecule has 30 heavy (non-hydrogen) atoms. The molecule has 0 saturated heterocycles. The summed E-state index contributed by atoms with van der Waals surface area (Å²) in [6.07, 6.45) is 16.8. The van der Waals surface area contributed by atoms with Gasteiger partial charge in [-0.1, -0.05) is 121 Å². The summed E-state index contributed by atoms with van der Waals surface area (Å²) < 4.78 is 0. The van der Waals surface area contributed by atoms with Crippen molar-refractivity contribution >= 4 is 11.1 Å². The topological polar surface area (TPSA) is 0 Å². The van der Waals surface area contributed by atoms with Crippen molar-refractivity contribution < 1.29 is 0 Å². The Morgan fingerprint density at radius 1 is 0.467 bits per heavy atom. The van der Waals surface area contributed by atoms with Crippen LogP contribution in [-0.4, -0.2) is 0 Å². The van der Waals surface area contributed by atoms with Gasteiger partial charge in [0.1, 0.15) is 0 Å². The molecule has 0 spiro atoms. The van der Waals surface area contributed by atoms with E-state index in [4.69, 9.17) is 0 Å². The number of hydrogen-bond donors (Lipinski definition) is 0. The summed E-state index contributed by atoms with van der Waals surface area (Å²) >= 11 is 0. The van der Waals surface area contributed by atoms with E-state index in [9.17, 15) is 0 Å². The van der Waals surface area contributed by atoms with Gasteiger partial charge in [-0.2, -0.15) is 0 Å². The lowest BCUT2D eigenvalue weighted by molar-refractivity contribution is 1.12. The lowest BCUT2D eigenvalue weighted by Gasteiger charge is -2.08. The van der Waals surface area contributed by atoms with E-state index in [0.29, 0.717) is 0 Å². The maximum atomic E-state index is 3.25. The molecule has 0 saturated carbocycles. The number of hydrogen-bond acceptors (Lipinski definition) is 0. The lowest BCUT2D eigenvalue weighted by Crippen LogP contribution is -1.93. The third-order valence-electron chi connectivity index (χ3n) is 4.91. The third-order valence-corrected chi connectivity index (χ3v) is 4.91. The Bertz CT molecular complexity index is 1150. The van der Waals surface area contributed by atoms with Crippen molar-refractivity contribution in [2.75, 3.05) is 0 Å². The van der Waals surface area contributed by atoms with Gasteiger partial charge in [-0.05, 0) is 34.1 Å². The average molecular weight is 380 g/mol. The van der Waals surface area contributed by atoms with Gasteiger partial charge in [0.25, 0.3) is 0 Å². The average Bonchev–Trinajstić information content (AvgIpc) is 3.52.